The summed E-state index contributed by atoms with van der Waals surface area (Å²) in [5, 5.41) is 0. The summed E-state index contributed by atoms with van der Waals surface area (Å²) in [5.41, 5.74) is 0. The Morgan fingerprint density at radius 3 is 2.11 bits per heavy atom. The van der Waals surface area contributed by atoms with Crippen LogP contribution in [0.5, 0.6) is 0 Å². The Kier molecular flexibility index (Phi) is 6.12. The van der Waals surface area contributed by atoms with Gasteiger partial charge in [0, 0.05) is 0 Å². The molecule has 0 aromatic rings. The van der Waals surface area contributed by atoms with E-state index in [-0.39, 0.29) is 0 Å². The van der Waals surface area contributed by atoms with Gasteiger partial charge in [0.05, 0.1) is 0 Å². The second-order valence-corrected chi connectivity index (χ2v) is 12.9. The van der Waals surface area contributed by atoms with Gasteiger partial charge in [-0.2, -0.15) is 0 Å². The minimum atomic E-state index is -0.830. The maximum absolute atomic E-state index is 2.48. The Hall–Kier alpha value is 0.830. The van der Waals surface area contributed by atoms with Crippen LogP contribution >= 0.6 is 0 Å². The molecule has 0 saturated carbocycles. The van der Waals surface area contributed by atoms with E-state index in [4.69, 9.17) is 0 Å². The van der Waals surface area contributed by atoms with E-state index >= 15 is 0 Å². The average Bonchev–Trinajstić information content (AvgIpc) is 1.63. The van der Waals surface area contributed by atoms with Crippen molar-refractivity contribution < 1.29 is 0 Å². The van der Waals surface area contributed by atoms with Crippen molar-refractivity contribution in [3.05, 3.63) is 0 Å². The molecule has 0 amide bonds. The molecule has 0 aliphatic carbocycles. The predicted molar refractivity (Wildman–Crippen MR) is 45.5 cm³/mol. The maximum atomic E-state index is 2.48. The van der Waals surface area contributed by atoms with Gasteiger partial charge in [0.25, 0.3) is 0 Å². The molecule has 0 heterocycles. The SMILES string of the molecule is CN(C)CC[CH2][In]([CH3])[CH3]. The first-order valence-corrected chi connectivity index (χ1v) is 12.7. The molecular weight excluding hydrogens is 213 g/mol. The van der Waals surface area contributed by atoms with Crippen molar-refractivity contribution in [1.29, 1.82) is 0 Å². The molecule has 0 spiro atoms. The van der Waals surface area contributed by atoms with Gasteiger partial charge in [-0.25, -0.2) is 0 Å². The molecule has 0 radical (unpaired) electrons. The molecule has 0 atom stereocenters. The molecule has 0 aromatic carbocycles. The molecule has 0 aromatic heterocycles. The summed E-state index contributed by atoms with van der Waals surface area (Å²) in [6, 6.07) is 0. The van der Waals surface area contributed by atoms with E-state index in [0.717, 1.165) is 0 Å². The molecule has 0 aliphatic heterocycles. The van der Waals surface area contributed by atoms with Crippen LogP contribution in [0.2, 0.25) is 13.5 Å². The molecule has 0 fully saturated rings. The minimum absolute atomic E-state index is 0.830. The molecule has 0 rings (SSSR count). The molecule has 0 unspecified atom stereocenters. The van der Waals surface area contributed by atoms with Gasteiger partial charge in [-0.15, -0.1) is 0 Å². The first-order valence-electron chi connectivity index (χ1n) is 3.77. The standard InChI is InChI=1S/C5H12N.2CH3.In/c1-4-5-6(2)3;;;/h1,4-5H2,2-3H3;2*1H3;. The van der Waals surface area contributed by atoms with E-state index in [1.807, 2.05) is 0 Å². The van der Waals surface area contributed by atoms with Crippen LogP contribution in [-0.2, 0) is 0 Å². The van der Waals surface area contributed by atoms with Crippen LogP contribution in [0.4, 0.5) is 0 Å². The Morgan fingerprint density at radius 1 is 1.22 bits per heavy atom. The first kappa shape index (κ1) is 9.83. The molecule has 54 valence electrons. The fourth-order valence-corrected chi connectivity index (χ4v) is 3.67. The summed E-state index contributed by atoms with van der Waals surface area (Å²) < 4.78 is 6.54. The van der Waals surface area contributed by atoms with Gasteiger partial charge >= 0.3 is 66.9 Å². The van der Waals surface area contributed by atoms with E-state index in [0.29, 0.717) is 0 Å². The molecular formula is C7H18InN. The van der Waals surface area contributed by atoms with Gasteiger partial charge in [-0.05, 0) is 0 Å². The van der Waals surface area contributed by atoms with E-state index in [2.05, 4.69) is 28.4 Å². The van der Waals surface area contributed by atoms with Crippen LogP contribution in [0.3, 0.4) is 0 Å². The van der Waals surface area contributed by atoms with Crippen LogP contribution in [0.25, 0.3) is 0 Å². The van der Waals surface area contributed by atoms with Crippen LogP contribution in [0.1, 0.15) is 6.42 Å². The Morgan fingerprint density at radius 2 is 1.78 bits per heavy atom. The zero-order chi connectivity index (χ0) is 7.28. The summed E-state index contributed by atoms with van der Waals surface area (Å²) >= 11 is -0.830. The quantitative estimate of drug-likeness (QED) is 0.711. The fourth-order valence-electron chi connectivity index (χ4n) is 0.816. The monoisotopic (exact) mass is 231 g/mol. The van der Waals surface area contributed by atoms with Crippen molar-refractivity contribution in [2.75, 3.05) is 20.6 Å². The van der Waals surface area contributed by atoms with Crippen LogP contribution in [-0.4, -0.2) is 47.0 Å². The number of hydrogen-bond acceptors (Lipinski definition) is 1. The summed E-state index contributed by atoms with van der Waals surface area (Å²) in [6.07, 6.45) is 1.43. The van der Waals surface area contributed by atoms with E-state index in [1.54, 1.807) is 4.18 Å². The topological polar surface area (TPSA) is 3.24 Å². The van der Waals surface area contributed by atoms with E-state index in [1.165, 1.54) is 13.0 Å². The van der Waals surface area contributed by atoms with E-state index < -0.39 is 21.4 Å². The molecule has 1 nitrogen and oxygen atoms in total. The van der Waals surface area contributed by atoms with Crippen LogP contribution < -0.4 is 0 Å². The third-order valence-electron chi connectivity index (χ3n) is 1.39. The van der Waals surface area contributed by atoms with Gasteiger partial charge in [-0.1, -0.05) is 0 Å². The summed E-state index contributed by atoms with van der Waals surface area (Å²) in [4.78, 5) is 2.27. The number of rotatable bonds is 4. The van der Waals surface area contributed by atoms with Crippen LogP contribution in [0.15, 0.2) is 0 Å². The second kappa shape index (κ2) is 5.60. The average molecular weight is 231 g/mol. The Labute approximate surface area is 67.0 Å². The van der Waals surface area contributed by atoms with Crippen molar-refractivity contribution in [1.82, 2.24) is 4.90 Å². The predicted octanol–water partition coefficient (Wildman–Crippen LogP) is 1.69. The van der Waals surface area contributed by atoms with Gasteiger partial charge in [0.15, 0.2) is 0 Å². The van der Waals surface area contributed by atoms with E-state index in [9.17, 15) is 0 Å². The third kappa shape index (κ3) is 8.83. The molecule has 0 aliphatic rings. The molecule has 0 bridgehead atoms. The zero-order valence-corrected chi connectivity index (χ0v) is 10.4. The summed E-state index contributed by atoms with van der Waals surface area (Å²) in [5.74, 6) is 0. The van der Waals surface area contributed by atoms with Crippen molar-refractivity contribution in [3.63, 3.8) is 0 Å². The first-order chi connectivity index (χ1) is 4.13. The Bertz CT molecular complexity index is 53.9. The van der Waals surface area contributed by atoms with Crippen molar-refractivity contribution in [2.45, 2.75) is 20.0 Å². The molecule has 0 saturated heterocycles. The van der Waals surface area contributed by atoms with Crippen molar-refractivity contribution >= 4 is 21.4 Å². The summed E-state index contributed by atoms with van der Waals surface area (Å²) in [6.45, 7) is 1.29. The van der Waals surface area contributed by atoms with Gasteiger partial charge in [0.2, 0.25) is 0 Å². The number of nitrogens with zero attached hydrogens (tertiary/aromatic N) is 1. The van der Waals surface area contributed by atoms with Crippen molar-refractivity contribution in [2.24, 2.45) is 0 Å². The van der Waals surface area contributed by atoms with Gasteiger partial charge < -0.3 is 0 Å². The second-order valence-electron chi connectivity index (χ2n) is 3.34. The fraction of sp³-hybridized carbons (Fsp3) is 1.00. The normalized spacial score (nSPS) is 10.3. The molecule has 0 N–H and O–H groups in total. The molecule has 2 heteroatoms. The Balaban J connectivity index is 2.91. The van der Waals surface area contributed by atoms with Gasteiger partial charge in [-0.3, -0.25) is 0 Å². The van der Waals surface area contributed by atoms with Crippen LogP contribution in [0, 0.1) is 0 Å². The zero-order valence-electron chi connectivity index (χ0n) is 7.15. The molecule has 9 heavy (non-hydrogen) atoms. The van der Waals surface area contributed by atoms with Gasteiger partial charge in [0.1, 0.15) is 0 Å². The van der Waals surface area contributed by atoms with Crippen molar-refractivity contribution in [3.8, 4) is 0 Å². The third-order valence-corrected chi connectivity index (χ3v) is 5.85. The summed E-state index contributed by atoms with van der Waals surface area (Å²) in [7, 11) is 4.30. The number of hydrogen-bond donors (Lipinski definition) is 0.